The molecule has 0 aliphatic carbocycles. The topological polar surface area (TPSA) is 98.7 Å². The number of aromatic nitrogens is 2. The van der Waals surface area contributed by atoms with E-state index in [0.29, 0.717) is 45.6 Å². The van der Waals surface area contributed by atoms with Gasteiger partial charge >= 0.3 is 0 Å². The summed E-state index contributed by atoms with van der Waals surface area (Å²) in [7, 11) is 0. The van der Waals surface area contributed by atoms with Crippen LogP contribution in [0.2, 0.25) is 0 Å². The van der Waals surface area contributed by atoms with Crippen LogP contribution in [0, 0.1) is 0 Å². The van der Waals surface area contributed by atoms with Crippen LogP contribution in [-0.4, -0.2) is 33.5 Å². The van der Waals surface area contributed by atoms with Gasteiger partial charge in [0.25, 0.3) is 11.5 Å². The Bertz CT molecular complexity index is 1350. The molecule has 9 heteroatoms. The van der Waals surface area contributed by atoms with Crippen LogP contribution in [0.25, 0.3) is 16.6 Å². The van der Waals surface area contributed by atoms with Gasteiger partial charge in [0.15, 0.2) is 5.16 Å². The van der Waals surface area contributed by atoms with E-state index in [1.165, 1.54) is 10.8 Å². The summed E-state index contributed by atoms with van der Waals surface area (Å²) in [6, 6.07) is 17.8. The molecule has 4 aromatic rings. The van der Waals surface area contributed by atoms with Crippen LogP contribution >= 0.6 is 11.8 Å². The van der Waals surface area contributed by atoms with Crippen LogP contribution in [0.4, 0.5) is 0 Å². The number of thioether (sulfide) groups is 1. The molecule has 0 fully saturated rings. The summed E-state index contributed by atoms with van der Waals surface area (Å²) >= 11 is 1.16. The fourth-order valence-electron chi connectivity index (χ4n) is 3.14. The Hall–Kier alpha value is -3.85. The van der Waals surface area contributed by atoms with Gasteiger partial charge in [-0.05, 0) is 62.4 Å². The summed E-state index contributed by atoms with van der Waals surface area (Å²) in [4.78, 5) is 30.3. The SMILES string of the molecule is CCOc1ccc(-n2c(SCC(=O)NN=C(C)c3ccco3)nc3ccccc3c2=O)cc1. The Labute approximate surface area is 194 Å². The second-order valence-corrected chi connectivity index (χ2v) is 7.92. The van der Waals surface area contributed by atoms with Crippen LogP contribution < -0.4 is 15.7 Å². The number of fused-ring (bicyclic) bond motifs is 1. The molecular weight excluding hydrogens is 440 g/mol. The molecule has 0 unspecified atom stereocenters. The maximum absolute atomic E-state index is 13.3. The van der Waals surface area contributed by atoms with Crippen molar-refractivity contribution in [3.05, 3.63) is 83.0 Å². The van der Waals surface area contributed by atoms with E-state index < -0.39 is 0 Å². The van der Waals surface area contributed by atoms with E-state index in [1.54, 1.807) is 61.5 Å². The molecule has 1 N–H and O–H groups in total. The molecule has 2 aromatic carbocycles. The molecular formula is C24H22N4O4S. The maximum Gasteiger partial charge on any atom is 0.266 e. The van der Waals surface area contributed by atoms with Crippen molar-refractivity contribution in [3.8, 4) is 11.4 Å². The second-order valence-electron chi connectivity index (χ2n) is 6.98. The van der Waals surface area contributed by atoms with Gasteiger partial charge in [0.1, 0.15) is 17.2 Å². The van der Waals surface area contributed by atoms with Crippen molar-refractivity contribution in [1.82, 2.24) is 15.0 Å². The number of hydrogen-bond donors (Lipinski definition) is 1. The van der Waals surface area contributed by atoms with E-state index in [2.05, 4.69) is 15.5 Å². The third-order valence-electron chi connectivity index (χ3n) is 4.71. The summed E-state index contributed by atoms with van der Waals surface area (Å²) in [5.74, 6) is 0.980. The zero-order valence-electron chi connectivity index (χ0n) is 18.1. The first kappa shape index (κ1) is 22.3. The number of carbonyl (C=O) groups excluding carboxylic acids is 1. The van der Waals surface area contributed by atoms with E-state index in [4.69, 9.17) is 9.15 Å². The predicted molar refractivity (Wildman–Crippen MR) is 128 cm³/mol. The lowest BCUT2D eigenvalue weighted by Gasteiger charge is -2.13. The highest BCUT2D eigenvalue weighted by Crippen LogP contribution is 2.23. The largest absolute Gasteiger partial charge is 0.494 e. The molecule has 0 saturated heterocycles. The Morgan fingerprint density at radius 3 is 2.67 bits per heavy atom. The molecule has 0 atom stereocenters. The Balaban J connectivity index is 1.60. The molecule has 0 aliphatic heterocycles. The van der Waals surface area contributed by atoms with Crippen molar-refractivity contribution in [1.29, 1.82) is 0 Å². The molecule has 8 nitrogen and oxygen atoms in total. The van der Waals surface area contributed by atoms with Crippen LogP contribution in [-0.2, 0) is 4.79 Å². The molecule has 2 heterocycles. The number of hydrazone groups is 1. The van der Waals surface area contributed by atoms with E-state index in [9.17, 15) is 9.59 Å². The molecule has 0 aliphatic rings. The lowest BCUT2D eigenvalue weighted by Crippen LogP contribution is -2.24. The zero-order chi connectivity index (χ0) is 23.2. The lowest BCUT2D eigenvalue weighted by molar-refractivity contribution is -0.118. The van der Waals surface area contributed by atoms with E-state index in [0.717, 1.165) is 11.8 Å². The fourth-order valence-corrected chi connectivity index (χ4v) is 3.95. The van der Waals surface area contributed by atoms with Crippen LogP contribution in [0.1, 0.15) is 19.6 Å². The van der Waals surface area contributed by atoms with E-state index in [-0.39, 0.29) is 17.2 Å². The van der Waals surface area contributed by atoms with E-state index >= 15 is 0 Å². The van der Waals surface area contributed by atoms with Gasteiger partial charge in [-0.25, -0.2) is 10.4 Å². The summed E-state index contributed by atoms with van der Waals surface area (Å²) in [5, 5.41) is 4.97. The van der Waals surface area contributed by atoms with Crippen LogP contribution in [0.3, 0.4) is 0 Å². The van der Waals surface area contributed by atoms with Gasteiger partial charge in [0.2, 0.25) is 0 Å². The second kappa shape index (κ2) is 10.2. The molecule has 0 spiro atoms. The number of benzene rings is 2. The Morgan fingerprint density at radius 2 is 1.94 bits per heavy atom. The number of amides is 1. The van der Waals surface area contributed by atoms with Gasteiger partial charge in [-0.1, -0.05) is 23.9 Å². The van der Waals surface area contributed by atoms with Crippen molar-refractivity contribution < 1.29 is 13.9 Å². The number of nitrogens with one attached hydrogen (secondary N) is 1. The standard InChI is InChI=1S/C24H22N4O4S/c1-3-31-18-12-10-17(11-13-18)28-23(30)19-7-4-5-8-20(19)25-24(28)33-15-22(29)27-26-16(2)21-9-6-14-32-21/h4-14H,3,15H2,1-2H3,(H,27,29). The summed E-state index contributed by atoms with van der Waals surface area (Å²) in [6.45, 7) is 4.20. The van der Waals surface area contributed by atoms with E-state index in [1.807, 2.05) is 13.0 Å². The number of rotatable bonds is 8. The van der Waals surface area contributed by atoms with Crippen molar-refractivity contribution in [2.45, 2.75) is 19.0 Å². The van der Waals surface area contributed by atoms with Gasteiger partial charge < -0.3 is 9.15 Å². The van der Waals surface area contributed by atoms with Crippen molar-refractivity contribution in [3.63, 3.8) is 0 Å². The number of hydrogen-bond acceptors (Lipinski definition) is 7. The highest BCUT2D eigenvalue weighted by atomic mass is 32.2. The number of carbonyl (C=O) groups is 1. The molecule has 0 radical (unpaired) electrons. The van der Waals surface area contributed by atoms with Gasteiger partial charge in [-0.2, -0.15) is 5.10 Å². The molecule has 0 saturated carbocycles. The molecule has 168 valence electrons. The molecule has 4 rings (SSSR count). The average Bonchev–Trinajstić information content (AvgIpc) is 3.37. The molecule has 1 amide bonds. The van der Waals surface area contributed by atoms with Gasteiger partial charge in [-0.15, -0.1) is 0 Å². The maximum atomic E-state index is 13.3. The molecule has 2 aromatic heterocycles. The fraction of sp³-hybridized carbons (Fsp3) is 0.167. The highest BCUT2D eigenvalue weighted by molar-refractivity contribution is 7.99. The highest BCUT2D eigenvalue weighted by Gasteiger charge is 2.15. The lowest BCUT2D eigenvalue weighted by atomic mass is 10.2. The minimum absolute atomic E-state index is 0.0245. The third-order valence-corrected chi connectivity index (χ3v) is 5.65. The Morgan fingerprint density at radius 1 is 1.15 bits per heavy atom. The first-order valence-electron chi connectivity index (χ1n) is 10.3. The number of nitrogens with zero attached hydrogens (tertiary/aromatic N) is 3. The summed E-state index contributed by atoms with van der Waals surface area (Å²) < 4.78 is 12.3. The first-order chi connectivity index (χ1) is 16.1. The third kappa shape index (κ3) is 5.15. The number of ether oxygens (including phenoxy) is 1. The quantitative estimate of drug-likeness (QED) is 0.184. The van der Waals surface area contributed by atoms with Crippen LogP contribution in [0.15, 0.2) is 86.4 Å². The Kier molecular flexibility index (Phi) is 6.89. The monoisotopic (exact) mass is 462 g/mol. The summed E-state index contributed by atoms with van der Waals surface area (Å²) in [6.07, 6.45) is 1.54. The van der Waals surface area contributed by atoms with Gasteiger partial charge in [0.05, 0.1) is 35.2 Å². The van der Waals surface area contributed by atoms with Gasteiger partial charge in [0, 0.05) is 0 Å². The van der Waals surface area contributed by atoms with Crippen molar-refractivity contribution in [2.75, 3.05) is 12.4 Å². The minimum atomic E-state index is -0.327. The van der Waals surface area contributed by atoms with Crippen molar-refractivity contribution >= 4 is 34.3 Å². The number of furan rings is 1. The average molecular weight is 463 g/mol. The molecule has 33 heavy (non-hydrogen) atoms. The minimum Gasteiger partial charge on any atom is -0.494 e. The zero-order valence-corrected chi connectivity index (χ0v) is 19.0. The van der Waals surface area contributed by atoms with Crippen LogP contribution in [0.5, 0.6) is 5.75 Å². The van der Waals surface area contributed by atoms with Crippen molar-refractivity contribution in [2.24, 2.45) is 5.10 Å². The number of para-hydroxylation sites is 1. The smallest absolute Gasteiger partial charge is 0.266 e. The van der Waals surface area contributed by atoms with Gasteiger partial charge in [-0.3, -0.25) is 14.2 Å². The predicted octanol–water partition coefficient (Wildman–Crippen LogP) is 4.01. The normalized spacial score (nSPS) is 11.5. The first-order valence-corrected chi connectivity index (χ1v) is 11.3. The molecule has 0 bridgehead atoms. The summed E-state index contributed by atoms with van der Waals surface area (Å²) in [5.41, 5.74) is 4.05.